The Morgan fingerprint density at radius 3 is 2.58 bits per heavy atom. The second-order valence-electron chi connectivity index (χ2n) is 5.98. The maximum atomic E-state index is 12.8. The normalized spacial score (nSPS) is 29.1. The van der Waals surface area contributed by atoms with Gasteiger partial charge in [0.25, 0.3) is 0 Å². The maximum absolute atomic E-state index is 12.8. The summed E-state index contributed by atoms with van der Waals surface area (Å²) in [6.07, 6.45) is 2.98. The van der Waals surface area contributed by atoms with E-state index in [1.165, 1.54) is 5.56 Å². The molecule has 2 fully saturated rings. The van der Waals surface area contributed by atoms with Crippen molar-refractivity contribution in [3.05, 3.63) is 35.9 Å². The standard InChI is InChI=1S/C16H20ClNO/c1-12-7-10-18(11-14(12)17)15(19)16(8-9-16)13-5-3-2-4-6-13/h2-6,12,14H,7-11H2,1H3. The second kappa shape index (κ2) is 4.82. The van der Waals surface area contributed by atoms with E-state index in [2.05, 4.69) is 19.1 Å². The molecule has 1 aromatic carbocycles. The van der Waals surface area contributed by atoms with E-state index in [0.717, 1.165) is 25.8 Å². The Labute approximate surface area is 119 Å². The molecule has 1 amide bonds. The maximum Gasteiger partial charge on any atom is 0.233 e. The summed E-state index contributed by atoms with van der Waals surface area (Å²) in [4.78, 5) is 14.8. The van der Waals surface area contributed by atoms with Crippen LogP contribution in [0.1, 0.15) is 31.7 Å². The van der Waals surface area contributed by atoms with Gasteiger partial charge in [0.2, 0.25) is 5.91 Å². The molecule has 0 spiro atoms. The minimum absolute atomic E-state index is 0.101. The predicted molar refractivity (Wildman–Crippen MR) is 77.4 cm³/mol. The van der Waals surface area contributed by atoms with Gasteiger partial charge in [-0.15, -0.1) is 11.6 Å². The average molecular weight is 278 g/mol. The number of likely N-dealkylation sites (tertiary alicyclic amines) is 1. The van der Waals surface area contributed by atoms with Crippen LogP contribution in [0.4, 0.5) is 0 Å². The fraction of sp³-hybridized carbons (Fsp3) is 0.562. The van der Waals surface area contributed by atoms with Crippen LogP contribution in [0.2, 0.25) is 0 Å². The number of hydrogen-bond donors (Lipinski definition) is 0. The van der Waals surface area contributed by atoms with Crippen LogP contribution in [-0.4, -0.2) is 29.3 Å². The first kappa shape index (κ1) is 13.0. The highest BCUT2D eigenvalue weighted by atomic mass is 35.5. The highest BCUT2D eigenvalue weighted by Gasteiger charge is 2.53. The van der Waals surface area contributed by atoms with Gasteiger partial charge in [0.15, 0.2) is 0 Å². The van der Waals surface area contributed by atoms with Crippen molar-refractivity contribution in [2.24, 2.45) is 5.92 Å². The van der Waals surface area contributed by atoms with Gasteiger partial charge in [-0.25, -0.2) is 0 Å². The molecule has 1 heterocycles. The first-order chi connectivity index (χ1) is 9.13. The first-order valence-corrected chi connectivity index (χ1v) is 7.56. The summed E-state index contributed by atoms with van der Waals surface area (Å²) in [5, 5.41) is 0.101. The van der Waals surface area contributed by atoms with E-state index < -0.39 is 0 Å². The molecule has 1 aromatic rings. The van der Waals surface area contributed by atoms with E-state index in [9.17, 15) is 4.79 Å². The summed E-state index contributed by atoms with van der Waals surface area (Å²) < 4.78 is 0. The van der Waals surface area contributed by atoms with Crippen molar-refractivity contribution in [1.29, 1.82) is 0 Å². The summed E-state index contributed by atoms with van der Waals surface area (Å²) in [5.41, 5.74) is 0.933. The van der Waals surface area contributed by atoms with Gasteiger partial charge >= 0.3 is 0 Å². The molecule has 2 atom stereocenters. The number of rotatable bonds is 2. The molecule has 2 nitrogen and oxygen atoms in total. The van der Waals surface area contributed by atoms with Crippen LogP contribution in [0.25, 0.3) is 0 Å². The summed E-state index contributed by atoms with van der Waals surface area (Å²) >= 11 is 6.33. The SMILES string of the molecule is CC1CCN(C(=O)C2(c3ccccc3)CC2)CC1Cl. The third kappa shape index (κ3) is 2.27. The molecule has 0 radical (unpaired) electrons. The number of halogens is 1. The Morgan fingerprint density at radius 1 is 1.32 bits per heavy atom. The topological polar surface area (TPSA) is 20.3 Å². The van der Waals surface area contributed by atoms with Gasteiger partial charge in [-0.1, -0.05) is 37.3 Å². The van der Waals surface area contributed by atoms with Crippen molar-refractivity contribution in [3.63, 3.8) is 0 Å². The lowest BCUT2D eigenvalue weighted by Gasteiger charge is -2.36. The van der Waals surface area contributed by atoms with Crippen molar-refractivity contribution in [3.8, 4) is 0 Å². The molecule has 102 valence electrons. The number of nitrogens with zero attached hydrogens (tertiary/aromatic N) is 1. The predicted octanol–water partition coefficient (Wildman–Crippen LogP) is 3.19. The zero-order valence-corrected chi connectivity index (χ0v) is 12.1. The molecule has 1 saturated carbocycles. The molecule has 3 heteroatoms. The van der Waals surface area contributed by atoms with Gasteiger partial charge in [-0.2, -0.15) is 0 Å². The number of amides is 1. The highest BCUT2D eigenvalue weighted by molar-refractivity contribution is 6.21. The molecular weight excluding hydrogens is 258 g/mol. The molecular formula is C16H20ClNO. The van der Waals surface area contributed by atoms with Crippen LogP contribution >= 0.6 is 11.6 Å². The van der Waals surface area contributed by atoms with Crippen molar-refractivity contribution in [2.45, 2.75) is 37.0 Å². The Morgan fingerprint density at radius 2 is 2.00 bits per heavy atom. The minimum atomic E-state index is -0.238. The summed E-state index contributed by atoms with van der Waals surface area (Å²) in [7, 11) is 0. The van der Waals surface area contributed by atoms with Crippen molar-refractivity contribution < 1.29 is 4.79 Å². The molecule has 1 saturated heterocycles. The van der Waals surface area contributed by atoms with Gasteiger partial charge in [0.1, 0.15) is 0 Å². The molecule has 1 aliphatic carbocycles. The van der Waals surface area contributed by atoms with Crippen LogP contribution in [0, 0.1) is 5.92 Å². The molecule has 19 heavy (non-hydrogen) atoms. The zero-order chi connectivity index (χ0) is 13.5. The van der Waals surface area contributed by atoms with Crippen LogP contribution in [0.5, 0.6) is 0 Å². The number of alkyl halides is 1. The summed E-state index contributed by atoms with van der Waals surface area (Å²) in [6, 6.07) is 10.2. The van der Waals surface area contributed by atoms with E-state index in [1.54, 1.807) is 0 Å². The van der Waals surface area contributed by atoms with Crippen molar-refractivity contribution >= 4 is 17.5 Å². The Kier molecular flexibility index (Phi) is 3.30. The fourth-order valence-corrected chi connectivity index (χ4v) is 3.31. The molecule has 0 aromatic heterocycles. The number of piperidine rings is 1. The van der Waals surface area contributed by atoms with Crippen LogP contribution < -0.4 is 0 Å². The highest BCUT2D eigenvalue weighted by Crippen LogP contribution is 2.50. The lowest BCUT2D eigenvalue weighted by Crippen LogP contribution is -2.47. The van der Waals surface area contributed by atoms with Gasteiger partial charge < -0.3 is 4.90 Å². The zero-order valence-electron chi connectivity index (χ0n) is 11.3. The number of benzene rings is 1. The number of hydrogen-bond acceptors (Lipinski definition) is 1. The van der Waals surface area contributed by atoms with Crippen molar-refractivity contribution in [1.82, 2.24) is 4.90 Å². The van der Waals surface area contributed by atoms with E-state index in [-0.39, 0.29) is 16.7 Å². The lowest BCUT2D eigenvalue weighted by atomic mass is 9.92. The van der Waals surface area contributed by atoms with Gasteiger partial charge in [0.05, 0.1) is 10.8 Å². The number of carbonyl (C=O) groups excluding carboxylic acids is 1. The Bertz CT molecular complexity index is 469. The second-order valence-corrected chi connectivity index (χ2v) is 6.54. The van der Waals surface area contributed by atoms with E-state index in [4.69, 9.17) is 11.6 Å². The quantitative estimate of drug-likeness (QED) is 0.760. The summed E-state index contributed by atoms with van der Waals surface area (Å²) in [5.74, 6) is 0.800. The molecule has 1 aliphatic heterocycles. The van der Waals surface area contributed by atoms with E-state index in [0.29, 0.717) is 12.5 Å². The third-order valence-corrected chi connectivity index (χ3v) is 5.21. The van der Waals surface area contributed by atoms with Crippen LogP contribution in [0.15, 0.2) is 30.3 Å². The smallest absolute Gasteiger partial charge is 0.233 e. The molecule has 2 unspecified atom stereocenters. The largest absolute Gasteiger partial charge is 0.340 e. The third-order valence-electron chi connectivity index (χ3n) is 4.64. The van der Waals surface area contributed by atoms with Crippen LogP contribution in [0.3, 0.4) is 0 Å². The molecule has 0 N–H and O–H groups in total. The average Bonchev–Trinajstić information content (AvgIpc) is 3.24. The Balaban J connectivity index is 1.78. The Hall–Kier alpha value is -1.02. The van der Waals surface area contributed by atoms with E-state index in [1.807, 2.05) is 23.1 Å². The van der Waals surface area contributed by atoms with Crippen LogP contribution in [-0.2, 0) is 10.2 Å². The molecule has 2 aliphatic rings. The monoisotopic (exact) mass is 277 g/mol. The fourth-order valence-electron chi connectivity index (χ4n) is 3.02. The van der Waals surface area contributed by atoms with Crippen molar-refractivity contribution in [2.75, 3.05) is 13.1 Å². The minimum Gasteiger partial charge on any atom is -0.340 e. The van der Waals surface area contributed by atoms with Gasteiger partial charge in [-0.3, -0.25) is 4.79 Å². The first-order valence-electron chi connectivity index (χ1n) is 7.12. The number of carbonyl (C=O) groups is 1. The van der Waals surface area contributed by atoms with E-state index >= 15 is 0 Å². The lowest BCUT2D eigenvalue weighted by molar-refractivity contribution is -0.135. The molecule has 0 bridgehead atoms. The summed E-state index contributed by atoms with van der Waals surface area (Å²) in [6.45, 7) is 3.73. The van der Waals surface area contributed by atoms with Gasteiger partial charge in [0, 0.05) is 13.1 Å². The molecule has 3 rings (SSSR count). The van der Waals surface area contributed by atoms with Gasteiger partial charge in [-0.05, 0) is 30.7 Å².